The number of fused-ring (bicyclic) bond motifs is 1. The first-order valence-corrected chi connectivity index (χ1v) is 8.09. The zero-order chi connectivity index (χ0) is 14.9. The molecule has 1 saturated carbocycles. The number of nitriles is 1. The van der Waals surface area contributed by atoms with E-state index < -0.39 is 0 Å². The van der Waals surface area contributed by atoms with Gasteiger partial charge in [0.15, 0.2) is 0 Å². The largest absolute Gasteiger partial charge is 0.328 e. The molecule has 0 unspecified atom stereocenters. The van der Waals surface area contributed by atoms with Crippen molar-refractivity contribution in [3.05, 3.63) is 29.6 Å². The van der Waals surface area contributed by atoms with Crippen LogP contribution in [0.3, 0.4) is 0 Å². The molecule has 1 fully saturated rings. The topological polar surface area (TPSA) is 41.6 Å². The van der Waals surface area contributed by atoms with Gasteiger partial charge in [0.1, 0.15) is 5.82 Å². The van der Waals surface area contributed by atoms with Gasteiger partial charge in [0.2, 0.25) is 0 Å². The third-order valence-electron chi connectivity index (χ3n) is 4.82. The van der Waals surface area contributed by atoms with E-state index in [0.29, 0.717) is 5.56 Å². The predicted octanol–water partition coefficient (Wildman–Crippen LogP) is 4.54. The van der Waals surface area contributed by atoms with Crippen LogP contribution < -0.4 is 0 Å². The van der Waals surface area contributed by atoms with Crippen LogP contribution in [-0.2, 0) is 12.0 Å². The normalized spacial score (nSPS) is 17.8. The molecule has 0 saturated heterocycles. The van der Waals surface area contributed by atoms with Crippen LogP contribution >= 0.6 is 0 Å². The van der Waals surface area contributed by atoms with Gasteiger partial charge in [-0.05, 0) is 37.5 Å². The lowest BCUT2D eigenvalue weighted by atomic mass is 9.75. The molecular weight excluding hydrogens is 258 g/mol. The molecular formula is C18H23N3. The Kier molecular flexibility index (Phi) is 3.71. The Hall–Kier alpha value is -1.82. The molecule has 1 aromatic heterocycles. The van der Waals surface area contributed by atoms with E-state index in [4.69, 9.17) is 10.2 Å². The Labute approximate surface area is 126 Å². The fourth-order valence-electron chi connectivity index (χ4n) is 3.67. The van der Waals surface area contributed by atoms with E-state index in [9.17, 15) is 0 Å². The summed E-state index contributed by atoms with van der Waals surface area (Å²) in [4.78, 5) is 4.95. The first-order chi connectivity index (χ1) is 10.2. The summed E-state index contributed by atoms with van der Waals surface area (Å²) in [6.07, 6.45) is 7.51. The van der Waals surface area contributed by atoms with Crippen molar-refractivity contribution < 1.29 is 0 Å². The molecule has 0 bridgehead atoms. The van der Waals surface area contributed by atoms with Crippen molar-refractivity contribution in [2.45, 2.75) is 64.3 Å². The van der Waals surface area contributed by atoms with Crippen LogP contribution in [0, 0.1) is 11.3 Å². The van der Waals surface area contributed by atoms with Crippen LogP contribution in [0.15, 0.2) is 18.2 Å². The molecule has 3 nitrogen and oxygen atoms in total. The van der Waals surface area contributed by atoms with E-state index in [-0.39, 0.29) is 5.41 Å². The Balaban J connectivity index is 2.16. The van der Waals surface area contributed by atoms with Gasteiger partial charge in [-0.2, -0.15) is 5.26 Å². The molecule has 0 amide bonds. The van der Waals surface area contributed by atoms with Gasteiger partial charge in [-0.1, -0.05) is 33.1 Å². The molecule has 21 heavy (non-hydrogen) atoms. The quantitative estimate of drug-likeness (QED) is 0.828. The van der Waals surface area contributed by atoms with Gasteiger partial charge in [-0.25, -0.2) is 4.98 Å². The fraction of sp³-hybridized carbons (Fsp3) is 0.556. The SMILES string of the molecule is CCCn1c(C2(C)CCCCC2)nc2cc(C#N)ccc21. The summed E-state index contributed by atoms with van der Waals surface area (Å²) in [7, 11) is 0. The van der Waals surface area contributed by atoms with Crippen molar-refractivity contribution in [2.24, 2.45) is 0 Å². The predicted molar refractivity (Wildman–Crippen MR) is 85.2 cm³/mol. The minimum absolute atomic E-state index is 0.194. The zero-order valence-corrected chi connectivity index (χ0v) is 13.0. The van der Waals surface area contributed by atoms with Gasteiger partial charge in [0.05, 0.1) is 22.7 Å². The number of nitrogens with zero attached hydrogens (tertiary/aromatic N) is 3. The number of rotatable bonds is 3. The van der Waals surface area contributed by atoms with Crippen LogP contribution in [-0.4, -0.2) is 9.55 Å². The first-order valence-electron chi connectivity index (χ1n) is 8.09. The summed E-state index contributed by atoms with van der Waals surface area (Å²) in [5.74, 6) is 1.23. The van der Waals surface area contributed by atoms with Crippen molar-refractivity contribution in [1.29, 1.82) is 5.26 Å². The van der Waals surface area contributed by atoms with Crippen molar-refractivity contribution in [2.75, 3.05) is 0 Å². The first kappa shape index (κ1) is 14.1. The molecule has 0 radical (unpaired) electrons. The highest BCUT2D eigenvalue weighted by molar-refractivity contribution is 5.78. The Morgan fingerprint density at radius 1 is 1.29 bits per heavy atom. The number of hydrogen-bond acceptors (Lipinski definition) is 2. The highest BCUT2D eigenvalue weighted by Gasteiger charge is 2.33. The smallest absolute Gasteiger partial charge is 0.115 e. The van der Waals surface area contributed by atoms with Crippen LogP contribution in [0.1, 0.15) is 63.8 Å². The van der Waals surface area contributed by atoms with Crippen molar-refractivity contribution in [3.8, 4) is 6.07 Å². The monoisotopic (exact) mass is 281 g/mol. The van der Waals surface area contributed by atoms with Crippen molar-refractivity contribution in [1.82, 2.24) is 9.55 Å². The lowest BCUT2D eigenvalue weighted by Crippen LogP contribution is -2.29. The molecule has 0 spiro atoms. The zero-order valence-electron chi connectivity index (χ0n) is 13.0. The molecule has 3 heteroatoms. The van der Waals surface area contributed by atoms with E-state index in [1.807, 2.05) is 12.1 Å². The van der Waals surface area contributed by atoms with Gasteiger partial charge in [0.25, 0.3) is 0 Å². The maximum atomic E-state index is 9.09. The highest BCUT2D eigenvalue weighted by atomic mass is 15.1. The summed E-state index contributed by atoms with van der Waals surface area (Å²) >= 11 is 0. The fourth-order valence-corrected chi connectivity index (χ4v) is 3.67. The molecule has 1 aliphatic rings. The number of hydrogen-bond donors (Lipinski definition) is 0. The molecule has 2 aromatic rings. The van der Waals surface area contributed by atoms with Gasteiger partial charge in [0, 0.05) is 12.0 Å². The summed E-state index contributed by atoms with van der Waals surface area (Å²) in [5.41, 5.74) is 3.05. The van der Waals surface area contributed by atoms with E-state index in [1.165, 1.54) is 43.4 Å². The maximum absolute atomic E-state index is 9.09. The standard InChI is InChI=1S/C18H23N3/c1-3-11-21-16-8-7-14(13-19)12-15(16)20-17(21)18(2)9-5-4-6-10-18/h7-8,12H,3-6,9-11H2,1-2H3. The van der Waals surface area contributed by atoms with E-state index >= 15 is 0 Å². The van der Waals surface area contributed by atoms with Gasteiger partial charge in [-0.3, -0.25) is 0 Å². The Morgan fingerprint density at radius 2 is 2.05 bits per heavy atom. The molecule has 3 rings (SSSR count). The minimum Gasteiger partial charge on any atom is -0.328 e. The minimum atomic E-state index is 0.194. The number of benzene rings is 1. The van der Waals surface area contributed by atoms with E-state index in [2.05, 4.69) is 30.6 Å². The summed E-state index contributed by atoms with van der Waals surface area (Å²) in [6.45, 7) is 5.58. The Bertz CT molecular complexity index is 684. The summed E-state index contributed by atoms with van der Waals surface area (Å²) in [5, 5.41) is 9.09. The molecule has 1 aromatic carbocycles. The average Bonchev–Trinajstić information content (AvgIpc) is 2.87. The summed E-state index contributed by atoms with van der Waals surface area (Å²) in [6, 6.07) is 8.12. The average molecular weight is 281 g/mol. The molecule has 1 heterocycles. The molecule has 1 aliphatic carbocycles. The second-order valence-electron chi connectivity index (χ2n) is 6.52. The van der Waals surface area contributed by atoms with Crippen LogP contribution in [0.25, 0.3) is 11.0 Å². The second kappa shape index (κ2) is 5.52. The molecule has 110 valence electrons. The lowest BCUT2D eigenvalue weighted by molar-refractivity contribution is 0.295. The number of imidazole rings is 1. The number of aryl methyl sites for hydroxylation is 1. The number of aromatic nitrogens is 2. The van der Waals surface area contributed by atoms with Crippen molar-refractivity contribution in [3.63, 3.8) is 0 Å². The van der Waals surface area contributed by atoms with Gasteiger partial charge in [-0.15, -0.1) is 0 Å². The van der Waals surface area contributed by atoms with Crippen molar-refractivity contribution >= 4 is 11.0 Å². The molecule has 0 atom stereocenters. The molecule has 0 N–H and O–H groups in total. The van der Waals surface area contributed by atoms with Crippen LogP contribution in [0.2, 0.25) is 0 Å². The lowest BCUT2D eigenvalue weighted by Gasteiger charge is -2.33. The maximum Gasteiger partial charge on any atom is 0.115 e. The third kappa shape index (κ3) is 2.44. The van der Waals surface area contributed by atoms with E-state index in [1.54, 1.807) is 0 Å². The second-order valence-corrected chi connectivity index (χ2v) is 6.52. The van der Waals surface area contributed by atoms with Gasteiger partial charge >= 0.3 is 0 Å². The summed E-state index contributed by atoms with van der Waals surface area (Å²) < 4.78 is 2.39. The van der Waals surface area contributed by atoms with Crippen LogP contribution in [0.4, 0.5) is 0 Å². The van der Waals surface area contributed by atoms with Gasteiger partial charge < -0.3 is 4.57 Å². The third-order valence-corrected chi connectivity index (χ3v) is 4.82. The molecule has 0 aliphatic heterocycles. The van der Waals surface area contributed by atoms with E-state index in [0.717, 1.165) is 18.5 Å². The highest BCUT2D eigenvalue weighted by Crippen LogP contribution is 2.39. The Morgan fingerprint density at radius 3 is 2.71 bits per heavy atom. The van der Waals surface area contributed by atoms with Crippen LogP contribution in [0.5, 0.6) is 0 Å².